The van der Waals surface area contributed by atoms with Crippen molar-refractivity contribution in [2.24, 2.45) is 5.84 Å². The zero-order chi connectivity index (χ0) is 22.8. The molecule has 4 N–H and O–H groups in total. The number of amides is 5. The molecule has 3 rings (SSSR count). The smallest absolute Gasteiger partial charge is 0.435 e. The Balaban J connectivity index is 1.49. The summed E-state index contributed by atoms with van der Waals surface area (Å²) in [6.07, 6.45) is -0.864. The van der Waals surface area contributed by atoms with E-state index in [1.165, 1.54) is 6.92 Å². The van der Waals surface area contributed by atoms with Gasteiger partial charge in [-0.2, -0.15) is 0 Å². The maximum absolute atomic E-state index is 12.4. The highest BCUT2D eigenvalue weighted by molar-refractivity contribution is 7.51. The molecule has 0 spiro atoms. The lowest BCUT2D eigenvalue weighted by Crippen LogP contribution is -2.68. The minimum absolute atomic E-state index is 0.00908. The lowest BCUT2D eigenvalue weighted by molar-refractivity contribution is -0.143. The number of β-lactam (4-membered cyclic amide) rings is 1. The third kappa shape index (κ3) is 4.85. The Labute approximate surface area is 177 Å². The summed E-state index contributed by atoms with van der Waals surface area (Å²) in [6, 6.07) is 6.15. The molecule has 13 nitrogen and oxygen atoms in total. The summed E-state index contributed by atoms with van der Waals surface area (Å²) in [7, 11) is -4.69. The molecule has 14 heteroatoms. The van der Waals surface area contributed by atoms with Gasteiger partial charge in [0.15, 0.2) is 0 Å². The van der Waals surface area contributed by atoms with Gasteiger partial charge in [-0.15, -0.1) is 0 Å². The quantitative estimate of drug-likeness (QED) is 0.217. The predicted octanol–water partition coefficient (Wildman–Crippen LogP) is -0.233. The molecule has 0 aromatic heterocycles. The Morgan fingerprint density at radius 3 is 2.52 bits per heavy atom. The zero-order valence-electron chi connectivity index (χ0n) is 16.5. The molecule has 0 bridgehead atoms. The molecule has 2 heterocycles. The van der Waals surface area contributed by atoms with E-state index in [0.29, 0.717) is 4.67 Å². The van der Waals surface area contributed by atoms with Crippen molar-refractivity contribution in [1.82, 2.24) is 19.9 Å². The zero-order valence-corrected chi connectivity index (χ0v) is 17.4. The van der Waals surface area contributed by atoms with Crippen LogP contribution in [0.1, 0.15) is 12.5 Å². The van der Waals surface area contributed by atoms with Crippen LogP contribution in [0, 0.1) is 0 Å². The van der Waals surface area contributed by atoms with Crippen LogP contribution in [0.3, 0.4) is 0 Å². The molecule has 2 saturated heterocycles. The lowest BCUT2D eigenvalue weighted by atomic mass is 10.0. The Kier molecular flexibility index (Phi) is 6.60. The summed E-state index contributed by atoms with van der Waals surface area (Å²) in [4.78, 5) is 58.8. The molecule has 0 aliphatic carbocycles. The van der Waals surface area contributed by atoms with Gasteiger partial charge in [0.2, 0.25) is 0 Å². The largest absolute Gasteiger partial charge is 0.445 e. The van der Waals surface area contributed by atoms with Crippen molar-refractivity contribution < 1.29 is 37.9 Å². The average Bonchev–Trinajstić information content (AvgIpc) is 3.08. The molecule has 2 aliphatic rings. The Bertz CT molecular complexity index is 928. The molecule has 5 amide bonds. The summed E-state index contributed by atoms with van der Waals surface area (Å²) < 4.78 is 22.8. The van der Waals surface area contributed by atoms with Gasteiger partial charge in [0.05, 0.1) is 12.6 Å². The number of ether oxygens (including phenoxy) is 1. The number of hydrazine groups is 1. The van der Waals surface area contributed by atoms with Crippen LogP contribution >= 0.6 is 7.75 Å². The number of carbonyl (C=O) groups excluding carboxylic acids is 4. The van der Waals surface area contributed by atoms with Crippen molar-refractivity contribution >= 4 is 31.7 Å². The maximum Gasteiger partial charge on any atom is 0.435 e. The fraction of sp³-hybridized carbons (Fsp3) is 0.412. The van der Waals surface area contributed by atoms with Gasteiger partial charge in [-0.1, -0.05) is 30.3 Å². The third-order valence-electron chi connectivity index (χ3n) is 4.82. The van der Waals surface area contributed by atoms with Crippen molar-refractivity contribution in [2.45, 2.75) is 25.6 Å². The number of hydrogen-bond acceptors (Lipinski definition) is 8. The number of hydrogen-bond donors (Lipinski definition) is 3. The van der Waals surface area contributed by atoms with E-state index in [9.17, 15) is 28.6 Å². The highest BCUT2D eigenvalue weighted by Gasteiger charge is 2.54. The van der Waals surface area contributed by atoms with Crippen LogP contribution in [-0.4, -0.2) is 75.2 Å². The van der Waals surface area contributed by atoms with Crippen LogP contribution in [0.15, 0.2) is 30.3 Å². The minimum Gasteiger partial charge on any atom is -0.445 e. The molecule has 0 saturated carbocycles. The van der Waals surface area contributed by atoms with Gasteiger partial charge in [0.25, 0.3) is 11.8 Å². The van der Waals surface area contributed by atoms with Crippen molar-refractivity contribution in [3.05, 3.63) is 35.9 Å². The molecule has 1 unspecified atom stereocenters. The number of rotatable bonds is 7. The van der Waals surface area contributed by atoms with E-state index in [-0.39, 0.29) is 19.7 Å². The highest BCUT2D eigenvalue weighted by Crippen LogP contribution is 2.52. The topological polar surface area (TPSA) is 172 Å². The molecule has 168 valence electrons. The van der Waals surface area contributed by atoms with Crippen molar-refractivity contribution in [1.29, 1.82) is 0 Å². The summed E-state index contributed by atoms with van der Waals surface area (Å²) in [5.41, 5.74) is 0.749. The molecule has 3 atom stereocenters. The first-order valence-electron chi connectivity index (χ1n) is 9.26. The van der Waals surface area contributed by atoms with E-state index < -0.39 is 50.4 Å². The van der Waals surface area contributed by atoms with Crippen LogP contribution in [-0.2, 0) is 30.0 Å². The number of nitrogens with one attached hydrogen (secondary N) is 1. The molecular weight excluding hydrogens is 433 g/mol. The van der Waals surface area contributed by atoms with E-state index in [4.69, 9.17) is 15.1 Å². The number of carbonyl (C=O) groups is 4. The van der Waals surface area contributed by atoms with Crippen LogP contribution in [0.25, 0.3) is 0 Å². The van der Waals surface area contributed by atoms with E-state index in [0.717, 1.165) is 15.5 Å². The molecule has 2 fully saturated rings. The van der Waals surface area contributed by atoms with Crippen LogP contribution in [0.4, 0.5) is 9.59 Å². The number of nitrogens with two attached hydrogens (primary N) is 1. The summed E-state index contributed by atoms with van der Waals surface area (Å²) in [5, 5.41) is 3.15. The first-order chi connectivity index (χ1) is 14.6. The second-order valence-electron chi connectivity index (χ2n) is 6.89. The molecule has 0 radical (unpaired) electrons. The number of benzene rings is 1. The van der Waals surface area contributed by atoms with Gasteiger partial charge in [0, 0.05) is 6.54 Å². The van der Waals surface area contributed by atoms with Gasteiger partial charge in [-0.25, -0.2) is 24.7 Å². The van der Waals surface area contributed by atoms with Gasteiger partial charge in [0.1, 0.15) is 19.3 Å². The van der Waals surface area contributed by atoms with Crippen molar-refractivity contribution in [3.63, 3.8) is 0 Å². The van der Waals surface area contributed by atoms with Gasteiger partial charge in [-0.3, -0.25) is 24.0 Å². The second-order valence-corrected chi connectivity index (χ2v) is 8.56. The van der Waals surface area contributed by atoms with E-state index in [1.807, 2.05) is 6.07 Å². The molecule has 1 aromatic rings. The minimum atomic E-state index is -4.69. The van der Waals surface area contributed by atoms with E-state index >= 15 is 0 Å². The lowest BCUT2D eigenvalue weighted by Gasteiger charge is -2.45. The standard InChI is InChI=1S/C17H22N5O8P/c1-11-14(19-16(25)29-9-12-5-3-2-4-6-12)15(24)22(11)31(27,28)30-10-13(23)20-7-8-21(18)17(20)26/h2-6,11,14H,7-10,18H2,1H3,(H,19,25)(H,27,28)/t11-,14-/m0/s1. The summed E-state index contributed by atoms with van der Waals surface area (Å²) >= 11 is 0. The molecule has 1 aromatic carbocycles. The van der Waals surface area contributed by atoms with Crippen LogP contribution in [0.2, 0.25) is 0 Å². The second kappa shape index (κ2) is 9.02. The van der Waals surface area contributed by atoms with Crippen LogP contribution in [0.5, 0.6) is 0 Å². The third-order valence-corrected chi connectivity index (χ3v) is 6.39. The van der Waals surface area contributed by atoms with Crippen LogP contribution < -0.4 is 11.2 Å². The van der Waals surface area contributed by atoms with Gasteiger partial charge >= 0.3 is 19.9 Å². The normalized spacial score (nSPS) is 22.7. The monoisotopic (exact) mass is 455 g/mol. The number of alkyl carbamates (subject to hydrolysis) is 1. The Morgan fingerprint density at radius 2 is 1.94 bits per heavy atom. The molecule has 2 aliphatic heterocycles. The fourth-order valence-corrected chi connectivity index (χ4v) is 4.47. The molecule has 31 heavy (non-hydrogen) atoms. The highest BCUT2D eigenvalue weighted by atomic mass is 31.2. The first-order valence-corrected chi connectivity index (χ1v) is 10.8. The first kappa shape index (κ1) is 22.7. The van der Waals surface area contributed by atoms with Crippen molar-refractivity contribution in [3.8, 4) is 0 Å². The predicted molar refractivity (Wildman–Crippen MR) is 104 cm³/mol. The Morgan fingerprint density at radius 1 is 1.26 bits per heavy atom. The number of imide groups is 1. The van der Waals surface area contributed by atoms with E-state index in [1.54, 1.807) is 24.3 Å². The van der Waals surface area contributed by atoms with Crippen molar-refractivity contribution in [2.75, 3.05) is 19.7 Å². The summed E-state index contributed by atoms with van der Waals surface area (Å²) in [5.74, 6) is 3.62. The van der Waals surface area contributed by atoms with Gasteiger partial charge in [-0.05, 0) is 12.5 Å². The van der Waals surface area contributed by atoms with E-state index in [2.05, 4.69) is 5.32 Å². The summed E-state index contributed by atoms with van der Waals surface area (Å²) in [6.45, 7) is 0.653. The fourth-order valence-electron chi connectivity index (χ4n) is 3.10. The SMILES string of the molecule is C[C@H]1[C@H](NC(=O)OCc2ccccc2)C(=O)N1P(=O)(O)OCC(=O)N1CCN(N)C1=O. The Hall–Kier alpha value is -2.99. The van der Waals surface area contributed by atoms with Gasteiger partial charge < -0.3 is 14.9 Å². The number of nitrogens with zero attached hydrogens (tertiary/aromatic N) is 3. The number of urea groups is 1. The average molecular weight is 455 g/mol. The molecular formula is C17H22N5O8P. The maximum atomic E-state index is 12.4.